The lowest BCUT2D eigenvalue weighted by Gasteiger charge is -2.30. The second-order valence-corrected chi connectivity index (χ2v) is 7.03. The van der Waals surface area contributed by atoms with Gasteiger partial charge < -0.3 is 25.4 Å². The van der Waals surface area contributed by atoms with Crippen LogP contribution in [0.25, 0.3) is 0 Å². The van der Waals surface area contributed by atoms with Crippen LogP contribution >= 0.6 is 24.0 Å². The Kier molecular flexibility index (Phi) is 11.5. The van der Waals surface area contributed by atoms with E-state index in [4.69, 9.17) is 15.2 Å². The molecule has 27 heavy (non-hydrogen) atoms. The summed E-state index contributed by atoms with van der Waals surface area (Å²) in [7, 11) is 3.29. The van der Waals surface area contributed by atoms with Crippen LogP contribution in [0.1, 0.15) is 31.7 Å². The maximum absolute atomic E-state index is 5.96. The standard InChI is InChI=1S/C20H34N4O2.HI/c1-16-6-4-12-24(15-16)13-5-10-22-20(21)23-11-9-17-7-8-18(25-2)19(14-17)26-3;/h7-8,14,16H,4-6,9-13,15H2,1-3H3,(H3,21,22,23);1H. The number of hydrogen-bond donors (Lipinski definition) is 2. The minimum absolute atomic E-state index is 0. The van der Waals surface area contributed by atoms with Gasteiger partial charge in [-0.05, 0) is 62.4 Å². The monoisotopic (exact) mass is 490 g/mol. The smallest absolute Gasteiger partial charge is 0.188 e. The number of nitrogens with one attached hydrogen (secondary N) is 1. The molecule has 0 saturated carbocycles. The quantitative estimate of drug-likeness (QED) is 0.241. The first-order valence-corrected chi connectivity index (χ1v) is 9.59. The molecule has 1 aliphatic heterocycles. The summed E-state index contributed by atoms with van der Waals surface area (Å²) in [4.78, 5) is 6.98. The lowest BCUT2D eigenvalue weighted by atomic mass is 10.0. The molecule has 1 aliphatic rings. The molecule has 0 spiro atoms. The molecule has 0 aromatic heterocycles. The predicted molar refractivity (Wildman–Crippen MR) is 123 cm³/mol. The summed E-state index contributed by atoms with van der Waals surface area (Å²) in [6.45, 7) is 7.43. The van der Waals surface area contributed by atoms with Crippen LogP contribution in [0.3, 0.4) is 0 Å². The molecule has 1 saturated heterocycles. The largest absolute Gasteiger partial charge is 0.493 e. The fourth-order valence-corrected chi connectivity index (χ4v) is 3.41. The first-order valence-electron chi connectivity index (χ1n) is 9.59. The fraction of sp³-hybridized carbons (Fsp3) is 0.650. The number of likely N-dealkylation sites (tertiary alicyclic amines) is 1. The molecule has 0 radical (unpaired) electrons. The number of nitrogens with zero attached hydrogens (tertiary/aromatic N) is 2. The summed E-state index contributed by atoms with van der Waals surface area (Å²) < 4.78 is 10.6. The van der Waals surface area contributed by atoms with Crippen LogP contribution in [0.2, 0.25) is 0 Å². The molecule has 3 N–H and O–H groups in total. The molecule has 1 fully saturated rings. The number of rotatable bonds is 9. The van der Waals surface area contributed by atoms with Crippen molar-refractivity contribution in [3.05, 3.63) is 23.8 Å². The first-order chi connectivity index (χ1) is 12.6. The van der Waals surface area contributed by atoms with E-state index in [9.17, 15) is 0 Å². The van der Waals surface area contributed by atoms with Crippen LogP contribution in [0.15, 0.2) is 23.2 Å². The Morgan fingerprint density at radius 2 is 2.07 bits per heavy atom. The zero-order valence-corrected chi connectivity index (χ0v) is 19.2. The summed E-state index contributed by atoms with van der Waals surface area (Å²) in [5, 5.41) is 3.18. The average molecular weight is 490 g/mol. The van der Waals surface area contributed by atoms with Crippen molar-refractivity contribution in [2.75, 3.05) is 46.9 Å². The zero-order chi connectivity index (χ0) is 18.8. The van der Waals surface area contributed by atoms with Crippen LogP contribution < -0.4 is 20.5 Å². The van der Waals surface area contributed by atoms with Crippen LogP contribution in [-0.4, -0.2) is 57.8 Å². The topological polar surface area (TPSA) is 72.1 Å². The van der Waals surface area contributed by atoms with Crippen LogP contribution in [0.5, 0.6) is 11.5 Å². The van der Waals surface area contributed by atoms with Gasteiger partial charge in [-0.3, -0.25) is 4.99 Å². The molecule has 1 atom stereocenters. The van der Waals surface area contributed by atoms with E-state index in [1.165, 1.54) is 31.5 Å². The van der Waals surface area contributed by atoms with E-state index in [-0.39, 0.29) is 24.0 Å². The molecule has 1 heterocycles. The zero-order valence-electron chi connectivity index (χ0n) is 16.9. The van der Waals surface area contributed by atoms with E-state index in [1.54, 1.807) is 14.2 Å². The van der Waals surface area contributed by atoms with Crippen molar-refractivity contribution < 1.29 is 9.47 Å². The molecule has 7 heteroatoms. The summed E-state index contributed by atoms with van der Waals surface area (Å²) in [6.07, 6.45) is 4.60. The Morgan fingerprint density at radius 1 is 1.30 bits per heavy atom. The van der Waals surface area contributed by atoms with Crippen LogP contribution in [-0.2, 0) is 6.42 Å². The van der Waals surface area contributed by atoms with Crippen molar-refractivity contribution in [2.45, 2.75) is 32.6 Å². The number of guanidine groups is 1. The van der Waals surface area contributed by atoms with Crippen molar-refractivity contribution >= 4 is 29.9 Å². The van der Waals surface area contributed by atoms with Crippen LogP contribution in [0.4, 0.5) is 0 Å². The van der Waals surface area contributed by atoms with Crippen molar-refractivity contribution in [3.8, 4) is 11.5 Å². The molecule has 154 valence electrons. The number of piperidine rings is 1. The van der Waals surface area contributed by atoms with E-state index in [1.807, 2.05) is 18.2 Å². The summed E-state index contributed by atoms with van der Waals surface area (Å²) in [5.74, 6) is 2.85. The Morgan fingerprint density at radius 3 is 2.78 bits per heavy atom. The van der Waals surface area contributed by atoms with Crippen molar-refractivity contribution in [3.63, 3.8) is 0 Å². The van der Waals surface area contributed by atoms with Gasteiger partial charge in [0.1, 0.15) is 0 Å². The molecule has 1 aromatic carbocycles. The van der Waals surface area contributed by atoms with E-state index < -0.39 is 0 Å². The Hall–Kier alpha value is -1.22. The Labute approximate surface area is 180 Å². The fourth-order valence-electron chi connectivity index (χ4n) is 3.41. The lowest BCUT2D eigenvalue weighted by molar-refractivity contribution is 0.183. The lowest BCUT2D eigenvalue weighted by Crippen LogP contribution is -2.35. The third kappa shape index (κ3) is 8.55. The van der Waals surface area contributed by atoms with E-state index in [0.29, 0.717) is 5.96 Å². The van der Waals surface area contributed by atoms with Gasteiger partial charge >= 0.3 is 0 Å². The number of benzene rings is 1. The summed E-state index contributed by atoms with van der Waals surface area (Å²) in [6, 6.07) is 5.95. The highest BCUT2D eigenvalue weighted by Crippen LogP contribution is 2.27. The van der Waals surface area contributed by atoms with Crippen LogP contribution in [0, 0.1) is 5.92 Å². The highest BCUT2D eigenvalue weighted by atomic mass is 127. The second kappa shape index (κ2) is 13.0. The first kappa shape index (κ1) is 23.8. The van der Waals surface area contributed by atoms with Crippen molar-refractivity contribution in [1.82, 2.24) is 10.2 Å². The summed E-state index contributed by atoms with van der Waals surface area (Å²) in [5.41, 5.74) is 7.13. The summed E-state index contributed by atoms with van der Waals surface area (Å²) >= 11 is 0. The third-order valence-corrected chi connectivity index (χ3v) is 4.82. The van der Waals surface area contributed by atoms with Gasteiger partial charge in [0, 0.05) is 19.6 Å². The van der Waals surface area contributed by atoms with E-state index in [2.05, 4.69) is 22.1 Å². The molecule has 0 aliphatic carbocycles. The number of ether oxygens (including phenoxy) is 2. The molecule has 0 bridgehead atoms. The van der Waals surface area contributed by atoms with Gasteiger partial charge in [0.05, 0.1) is 14.2 Å². The maximum Gasteiger partial charge on any atom is 0.188 e. The van der Waals surface area contributed by atoms with Gasteiger partial charge in [0.25, 0.3) is 0 Å². The highest BCUT2D eigenvalue weighted by Gasteiger charge is 2.15. The Balaban J connectivity index is 0.00000364. The van der Waals surface area contributed by atoms with Gasteiger partial charge in [-0.2, -0.15) is 0 Å². The molecule has 6 nitrogen and oxygen atoms in total. The third-order valence-electron chi connectivity index (χ3n) is 4.82. The van der Waals surface area contributed by atoms with Gasteiger partial charge in [-0.1, -0.05) is 13.0 Å². The molecule has 2 rings (SSSR count). The Bertz CT molecular complexity index is 583. The number of halogens is 1. The van der Waals surface area contributed by atoms with E-state index in [0.717, 1.165) is 49.9 Å². The molecule has 1 aromatic rings. The highest BCUT2D eigenvalue weighted by molar-refractivity contribution is 14.0. The molecule has 1 unspecified atom stereocenters. The SMILES string of the molecule is COc1ccc(CCNC(N)=NCCCN2CCCC(C)C2)cc1OC.I. The van der Waals surface area contributed by atoms with Gasteiger partial charge in [-0.25, -0.2) is 0 Å². The second-order valence-electron chi connectivity index (χ2n) is 7.03. The van der Waals surface area contributed by atoms with Crippen molar-refractivity contribution in [2.24, 2.45) is 16.6 Å². The molecule has 0 amide bonds. The van der Waals surface area contributed by atoms with Gasteiger partial charge in [-0.15, -0.1) is 24.0 Å². The number of hydrogen-bond acceptors (Lipinski definition) is 4. The maximum atomic E-state index is 5.96. The predicted octanol–water partition coefficient (Wildman–Crippen LogP) is 2.89. The average Bonchev–Trinajstić information content (AvgIpc) is 2.65. The number of methoxy groups -OCH3 is 2. The minimum atomic E-state index is 0. The van der Waals surface area contributed by atoms with Gasteiger partial charge in [0.15, 0.2) is 17.5 Å². The van der Waals surface area contributed by atoms with Crippen molar-refractivity contribution in [1.29, 1.82) is 0 Å². The number of aliphatic imine (C=N–C) groups is 1. The normalized spacial score (nSPS) is 17.9. The number of nitrogens with two attached hydrogens (primary N) is 1. The van der Waals surface area contributed by atoms with Gasteiger partial charge in [0.2, 0.25) is 0 Å². The molecular weight excluding hydrogens is 455 g/mol. The molecular formula is C20H35IN4O2. The van der Waals surface area contributed by atoms with E-state index >= 15 is 0 Å². The minimum Gasteiger partial charge on any atom is -0.493 e.